The number of benzene rings is 1. The Morgan fingerprint density at radius 1 is 1.04 bits per heavy atom. The Labute approximate surface area is 366 Å². The third-order valence-electron chi connectivity index (χ3n) is 9.53. The number of Topliss-reactive ketones (excluding diaryl/α,β-unsaturated/α-hetero) is 2. The van der Waals surface area contributed by atoms with E-state index >= 15 is 0 Å². The summed E-state index contributed by atoms with van der Waals surface area (Å²) in [5.41, 5.74) is 0.268. The standard InChI is InChI=1S/C34H43F3N4O11.K.W/c1-32(2,3)30(48)51-14-52-31(49)41(9-8-33(35,36)37)13-16-12-19(39(4)5)17-10-15-11-18-23(40(6)7)26(44)22(29(38)47)28(46)34(18,50)27(45)20(15)25(43)21(17)24(16)42;;/h12,15,18,23,42-43,46,50H,8-11,13-14H2,1-7H3,(H2,38,47);;/t15-,18-,23+,34-;;/m0../s1. The van der Waals surface area contributed by atoms with Crippen molar-refractivity contribution in [2.45, 2.75) is 64.4 Å². The summed E-state index contributed by atoms with van der Waals surface area (Å²) in [5, 5.41) is 46.2. The molecule has 1 aromatic rings. The number of aliphatic hydroxyl groups excluding tert-OH is 2. The monoisotopic (exact) mass is 963 g/mol. The number of halogens is 3. The van der Waals surface area contributed by atoms with Gasteiger partial charge in [0.25, 0.3) is 5.91 Å². The van der Waals surface area contributed by atoms with Crippen LogP contribution in [0, 0.1) is 17.3 Å². The zero-order valence-corrected chi connectivity index (χ0v) is 37.2. The molecule has 6 N–H and O–H groups in total. The van der Waals surface area contributed by atoms with Crippen molar-refractivity contribution in [2.24, 2.45) is 23.0 Å². The van der Waals surface area contributed by atoms with Crippen LogP contribution in [0.5, 0.6) is 5.75 Å². The fourth-order valence-electron chi connectivity index (χ4n) is 7.01. The van der Waals surface area contributed by atoms with Crippen LogP contribution in [0.4, 0.5) is 23.7 Å². The van der Waals surface area contributed by atoms with E-state index in [-0.39, 0.29) is 96.4 Å². The van der Waals surface area contributed by atoms with Gasteiger partial charge in [0.2, 0.25) is 12.6 Å². The molecule has 4 rings (SSSR count). The van der Waals surface area contributed by atoms with Crippen molar-refractivity contribution in [1.82, 2.24) is 9.80 Å². The zero-order valence-electron chi connectivity index (χ0n) is 31.2. The van der Waals surface area contributed by atoms with E-state index in [4.69, 9.17) is 15.2 Å². The molecule has 15 nitrogen and oxygen atoms in total. The van der Waals surface area contributed by atoms with Gasteiger partial charge < -0.3 is 45.4 Å². The molecule has 1 aromatic carbocycles. The van der Waals surface area contributed by atoms with E-state index in [1.807, 2.05) is 0 Å². The number of amides is 2. The number of alkyl halides is 3. The van der Waals surface area contributed by atoms with Gasteiger partial charge in [-0.1, -0.05) is 0 Å². The number of ketones is 2. The van der Waals surface area contributed by atoms with Gasteiger partial charge in [-0.05, 0) is 65.3 Å². The van der Waals surface area contributed by atoms with E-state index in [2.05, 4.69) is 0 Å². The van der Waals surface area contributed by atoms with E-state index in [1.54, 1.807) is 19.0 Å². The van der Waals surface area contributed by atoms with E-state index in [1.165, 1.54) is 45.8 Å². The molecule has 0 unspecified atom stereocenters. The summed E-state index contributed by atoms with van der Waals surface area (Å²) >= 11 is 0. The Morgan fingerprint density at radius 2 is 1.63 bits per heavy atom. The first kappa shape index (κ1) is 47.6. The van der Waals surface area contributed by atoms with Crippen LogP contribution < -0.4 is 10.6 Å². The Hall–Kier alpha value is -2.52. The van der Waals surface area contributed by atoms with Crippen LogP contribution >= 0.6 is 0 Å². The molecule has 20 heteroatoms. The molecule has 4 atom stereocenters. The molecule has 1 radical (unpaired) electrons. The molecule has 0 aromatic heterocycles. The fraction of sp³-hybridized carbons (Fsp3) is 0.559. The average molecular weight is 964 g/mol. The molecule has 0 saturated heterocycles. The Balaban J connectivity index is 0.00000504. The molecule has 293 valence electrons. The molecule has 2 amide bonds. The van der Waals surface area contributed by atoms with Crippen molar-refractivity contribution in [3.8, 4) is 5.75 Å². The number of anilines is 1. The van der Waals surface area contributed by atoms with Crippen molar-refractivity contribution in [3.63, 3.8) is 0 Å². The SMILES string of the molecule is CN(C)c1cc(CN(CCC(F)(F)F)C(=O)OCOC(=O)C(C)(C)C)c(O)c2c1C[C@H]1C[C@H]3[C@@H](N(C)C)C(=O)C(C(N)=O)=C(O)[C@@]3(O)C(=O)C1=C2O.[K].[W]. The van der Waals surface area contributed by atoms with Crippen molar-refractivity contribution >= 4 is 92.4 Å². The number of carbonyl (C=O) groups excluding carboxylic acids is 5. The van der Waals surface area contributed by atoms with E-state index in [9.17, 15) is 57.6 Å². The van der Waals surface area contributed by atoms with Crippen LogP contribution in [0.25, 0.3) is 5.76 Å². The van der Waals surface area contributed by atoms with Gasteiger partial charge in [-0.3, -0.25) is 24.1 Å². The van der Waals surface area contributed by atoms with Crippen LogP contribution in [0.2, 0.25) is 0 Å². The average Bonchev–Trinajstić information content (AvgIpc) is 3.00. The largest absolute Gasteiger partial charge is 0.508 e. The Kier molecular flexibility index (Phi) is 15.3. The second-order valence-electron chi connectivity index (χ2n) is 14.6. The second kappa shape index (κ2) is 17.3. The number of rotatable bonds is 9. The molecule has 3 aliphatic carbocycles. The number of nitrogens with two attached hydrogens (primary N) is 1. The van der Waals surface area contributed by atoms with E-state index in [0.29, 0.717) is 16.2 Å². The van der Waals surface area contributed by atoms with Gasteiger partial charge in [-0.2, -0.15) is 13.2 Å². The predicted molar refractivity (Wildman–Crippen MR) is 182 cm³/mol. The molecule has 1 fully saturated rings. The molecule has 0 spiro atoms. The number of ether oxygens (including phenoxy) is 2. The molecule has 54 heavy (non-hydrogen) atoms. The summed E-state index contributed by atoms with van der Waals surface area (Å²) in [7, 11) is 6.16. The normalized spacial score (nSPS) is 22.3. The van der Waals surface area contributed by atoms with Crippen LogP contribution in [0.15, 0.2) is 23.0 Å². The van der Waals surface area contributed by atoms with Crippen molar-refractivity contribution in [3.05, 3.63) is 39.7 Å². The van der Waals surface area contributed by atoms with Crippen molar-refractivity contribution in [2.75, 3.05) is 46.4 Å². The third-order valence-corrected chi connectivity index (χ3v) is 9.53. The number of phenolic OH excluding ortho intramolecular Hbond substituents is 1. The van der Waals surface area contributed by atoms with E-state index in [0.717, 1.165) is 0 Å². The molecular formula is C34H43F3KN4O11W. The number of hydrogen-bond donors (Lipinski definition) is 5. The maximum atomic E-state index is 14.2. The summed E-state index contributed by atoms with van der Waals surface area (Å²) in [4.78, 5) is 68.5. The minimum absolute atomic E-state index is 0. The smallest absolute Gasteiger partial charge is 0.412 e. The number of aliphatic hydroxyl groups is 3. The van der Waals surface area contributed by atoms with Crippen LogP contribution in [0.1, 0.15) is 50.3 Å². The van der Waals surface area contributed by atoms with Gasteiger partial charge >= 0.3 is 18.2 Å². The first-order valence-corrected chi connectivity index (χ1v) is 16.2. The maximum absolute atomic E-state index is 14.2. The number of hydrogen-bond acceptors (Lipinski definition) is 13. The second-order valence-corrected chi connectivity index (χ2v) is 14.6. The number of carbonyl (C=O) groups is 5. The molecule has 0 bridgehead atoms. The molecule has 3 aliphatic rings. The van der Waals surface area contributed by atoms with Crippen LogP contribution in [-0.2, 0) is 62.7 Å². The first-order chi connectivity index (χ1) is 23.8. The predicted octanol–water partition coefficient (Wildman–Crippen LogP) is 2.08. The summed E-state index contributed by atoms with van der Waals surface area (Å²) < 4.78 is 49.7. The first-order valence-electron chi connectivity index (χ1n) is 16.2. The minimum atomic E-state index is -4.70. The van der Waals surface area contributed by atoms with E-state index < -0.39 is 119 Å². The number of primary amides is 1. The molecule has 0 aliphatic heterocycles. The quantitative estimate of drug-likeness (QED) is 0.104. The van der Waals surface area contributed by atoms with Gasteiger partial charge in [0, 0.05) is 116 Å². The third kappa shape index (κ3) is 9.03. The number of esters is 1. The summed E-state index contributed by atoms with van der Waals surface area (Å²) in [5.74, 6) is -9.24. The number of phenols is 1. The zero-order chi connectivity index (χ0) is 39.4. The molecular weight excluding hydrogens is 920 g/mol. The van der Waals surface area contributed by atoms with Gasteiger partial charge in [-0.25, -0.2) is 4.79 Å². The summed E-state index contributed by atoms with van der Waals surface area (Å²) in [6.45, 7) is 2.06. The number of likely N-dealkylation sites (N-methyl/N-ethyl adjacent to an activating group) is 1. The molecule has 1 saturated carbocycles. The van der Waals surface area contributed by atoms with Crippen LogP contribution in [0.3, 0.4) is 0 Å². The number of aromatic hydroxyl groups is 1. The van der Waals surface area contributed by atoms with Gasteiger partial charge in [0.15, 0.2) is 11.4 Å². The minimum Gasteiger partial charge on any atom is -0.508 e. The van der Waals surface area contributed by atoms with Crippen molar-refractivity contribution in [1.29, 1.82) is 0 Å². The fourth-order valence-corrected chi connectivity index (χ4v) is 7.01. The van der Waals surface area contributed by atoms with Gasteiger partial charge in [-0.15, -0.1) is 0 Å². The number of nitrogens with zero attached hydrogens (tertiary/aromatic N) is 3. The maximum Gasteiger partial charge on any atom is 0.412 e. The van der Waals surface area contributed by atoms with Gasteiger partial charge in [0.1, 0.15) is 22.8 Å². The molecule has 0 heterocycles. The summed E-state index contributed by atoms with van der Waals surface area (Å²) in [6.07, 6.45) is -7.69. The number of fused-ring (bicyclic) bond motifs is 3. The summed E-state index contributed by atoms with van der Waals surface area (Å²) in [6, 6.07) is 0.113. The topological polar surface area (TPSA) is 220 Å². The van der Waals surface area contributed by atoms with Crippen molar-refractivity contribution < 1.29 is 88.1 Å². The van der Waals surface area contributed by atoms with Crippen LogP contribution in [-0.4, -0.2) is 170 Å². The Morgan fingerprint density at radius 3 is 2.13 bits per heavy atom. The van der Waals surface area contributed by atoms with Gasteiger partial charge in [0.05, 0.1) is 30.0 Å². The Bertz CT molecular complexity index is 1780.